The van der Waals surface area contributed by atoms with E-state index in [1.165, 1.54) is 42.9 Å². The molecule has 1 aromatic carbocycles. The molecule has 0 atom stereocenters. The van der Waals surface area contributed by atoms with Crippen molar-refractivity contribution in [3.05, 3.63) is 72.2 Å². The molecule has 14 heteroatoms. The number of nitrogens with zero attached hydrogens (tertiary/aromatic N) is 3. The van der Waals surface area contributed by atoms with Crippen molar-refractivity contribution in [3.63, 3.8) is 0 Å². The van der Waals surface area contributed by atoms with Gasteiger partial charge in [-0.2, -0.15) is 34.8 Å². The summed E-state index contributed by atoms with van der Waals surface area (Å²) in [6, 6.07) is 8.28. The topological polar surface area (TPSA) is 93.0 Å². The molecule has 6 nitrogen and oxygen atoms in total. The maximum atomic E-state index is 12.7. The van der Waals surface area contributed by atoms with Crippen molar-refractivity contribution in [2.45, 2.75) is 17.5 Å². The van der Waals surface area contributed by atoms with Crippen LogP contribution in [-0.4, -0.2) is 27.9 Å². The minimum Gasteiger partial charge on any atom is -0.305 e. The molecule has 0 fully saturated rings. The van der Waals surface area contributed by atoms with Crippen molar-refractivity contribution in [2.75, 3.05) is 0 Å². The number of hydrogen-bond acceptors (Lipinski definition) is 5. The molecule has 0 unspecified atom stereocenters. The molecule has 0 saturated carbocycles. The molecule has 1 radical (unpaired) electrons. The Morgan fingerprint density at radius 3 is 1.84 bits per heavy atom. The summed E-state index contributed by atoms with van der Waals surface area (Å²) in [5.41, 5.74) is -3.23. The molecule has 0 aliphatic rings. The average Bonchev–Trinajstić information content (AvgIpc) is 2.67. The van der Waals surface area contributed by atoms with Crippen LogP contribution in [0.5, 0.6) is 0 Å². The van der Waals surface area contributed by atoms with Gasteiger partial charge in [0.15, 0.2) is 0 Å². The molecule has 0 bridgehead atoms. The maximum Gasteiger partial charge on any atom is 0.399 e. The fourth-order valence-electron chi connectivity index (χ4n) is 1.96. The van der Waals surface area contributed by atoms with Gasteiger partial charge in [-0.3, -0.25) is 4.55 Å². The first-order chi connectivity index (χ1) is 13.8. The minimum absolute atomic E-state index is 0. The molecule has 0 aliphatic heterocycles. The van der Waals surface area contributed by atoms with Crippen molar-refractivity contribution >= 4 is 10.1 Å². The number of benzene rings is 1. The van der Waals surface area contributed by atoms with Crippen LogP contribution in [0.3, 0.4) is 0 Å². The van der Waals surface area contributed by atoms with E-state index in [4.69, 9.17) is 4.55 Å². The van der Waals surface area contributed by atoms with Gasteiger partial charge in [0.2, 0.25) is 0 Å². The minimum atomic E-state index is -4.91. The van der Waals surface area contributed by atoms with Gasteiger partial charge in [0.1, 0.15) is 0 Å². The second-order valence-corrected chi connectivity index (χ2v) is 6.73. The summed E-state index contributed by atoms with van der Waals surface area (Å²) in [6.07, 6.45) is -6.05. The van der Waals surface area contributed by atoms with E-state index < -0.39 is 38.8 Å². The van der Waals surface area contributed by atoms with Crippen molar-refractivity contribution in [2.24, 2.45) is 0 Å². The molecule has 169 valence electrons. The molecule has 0 spiro atoms. The number of aromatic nitrogens is 3. The Morgan fingerprint density at radius 1 is 0.839 bits per heavy atom. The van der Waals surface area contributed by atoms with Gasteiger partial charge in [-0.1, -0.05) is 12.1 Å². The van der Waals surface area contributed by atoms with E-state index in [9.17, 15) is 34.8 Å². The molecule has 3 aromatic rings. The standard InChI is InChI=1S/C13H6F6N.C4H4N2O3S.Ir/c14-12(15,16)9-5-8(11-3-1-2-4-20-11)6-10(7-9)13(17,18)19;7-10(8,9)4-5-2-1-3-6-4;/h1-5,7H;1-3H,(H,7,8,9);/q-1;;. The summed E-state index contributed by atoms with van der Waals surface area (Å²) in [6.45, 7) is 0. The summed E-state index contributed by atoms with van der Waals surface area (Å²) >= 11 is 0. The maximum absolute atomic E-state index is 12.7. The average molecular weight is 643 g/mol. The van der Waals surface area contributed by atoms with Crippen LogP contribution in [0.4, 0.5) is 26.3 Å². The molecule has 1 N–H and O–H groups in total. The summed E-state index contributed by atoms with van der Waals surface area (Å²) in [5, 5.41) is -0.574. The molecule has 2 aromatic heterocycles. The number of halogens is 6. The third-order valence-electron chi connectivity index (χ3n) is 3.22. The van der Waals surface area contributed by atoms with Gasteiger partial charge in [-0.15, -0.1) is 23.8 Å². The van der Waals surface area contributed by atoms with Crippen molar-refractivity contribution in [1.29, 1.82) is 0 Å². The van der Waals surface area contributed by atoms with Crippen LogP contribution in [0.1, 0.15) is 11.1 Å². The molecule has 0 saturated heterocycles. The van der Waals surface area contributed by atoms with E-state index in [1.54, 1.807) is 0 Å². The molecule has 0 aliphatic carbocycles. The van der Waals surface area contributed by atoms with E-state index in [-0.39, 0.29) is 37.4 Å². The Hall–Kier alpha value is -2.41. The third-order valence-corrected chi connectivity index (χ3v) is 3.89. The number of hydrogen-bond donors (Lipinski definition) is 1. The van der Waals surface area contributed by atoms with Crippen LogP contribution in [0.15, 0.2) is 60.1 Å². The molecule has 0 amide bonds. The summed E-state index contributed by atoms with van der Waals surface area (Å²) < 4.78 is 105. The van der Waals surface area contributed by atoms with E-state index in [1.807, 2.05) is 6.07 Å². The SMILES string of the molecule is FC(F)(F)c1[c-]c(-c2ccccn2)cc(C(F)(F)F)c1.O=S(=O)(O)c1ncccn1.[Ir]. The van der Waals surface area contributed by atoms with Crippen LogP contribution in [-0.2, 0) is 42.6 Å². The van der Waals surface area contributed by atoms with Crippen molar-refractivity contribution in [1.82, 2.24) is 15.0 Å². The van der Waals surface area contributed by atoms with E-state index >= 15 is 0 Å². The van der Waals surface area contributed by atoms with Crippen LogP contribution >= 0.6 is 0 Å². The van der Waals surface area contributed by atoms with Crippen molar-refractivity contribution < 1.29 is 59.4 Å². The smallest absolute Gasteiger partial charge is 0.305 e. The van der Waals surface area contributed by atoms with Gasteiger partial charge < -0.3 is 4.98 Å². The van der Waals surface area contributed by atoms with E-state index in [0.29, 0.717) is 6.07 Å². The van der Waals surface area contributed by atoms with Gasteiger partial charge in [-0.05, 0) is 29.0 Å². The Balaban J connectivity index is 0.000000370. The van der Waals surface area contributed by atoms with Crippen LogP contribution in [0.25, 0.3) is 11.3 Å². The monoisotopic (exact) mass is 643 g/mol. The number of alkyl halides is 6. The van der Waals surface area contributed by atoms with Crippen molar-refractivity contribution in [3.8, 4) is 11.3 Å². The predicted molar refractivity (Wildman–Crippen MR) is 90.4 cm³/mol. The molecule has 3 rings (SSSR count). The molecule has 2 heterocycles. The first-order valence-electron chi connectivity index (χ1n) is 7.66. The summed E-state index contributed by atoms with van der Waals surface area (Å²) in [7, 11) is -4.23. The molecular weight excluding hydrogens is 632 g/mol. The Labute approximate surface area is 185 Å². The first kappa shape index (κ1) is 26.6. The number of pyridine rings is 1. The van der Waals surface area contributed by atoms with Gasteiger partial charge in [-0.25, -0.2) is 9.97 Å². The van der Waals surface area contributed by atoms with Gasteiger partial charge in [0.25, 0.3) is 5.16 Å². The Kier molecular flexibility index (Phi) is 8.82. The van der Waals surface area contributed by atoms with Crippen LogP contribution in [0.2, 0.25) is 0 Å². The first-order valence-corrected chi connectivity index (χ1v) is 9.10. The predicted octanol–water partition coefficient (Wildman–Crippen LogP) is 4.31. The summed E-state index contributed by atoms with van der Waals surface area (Å²) in [5.74, 6) is 0. The van der Waals surface area contributed by atoms with E-state index in [0.717, 1.165) is 0 Å². The normalized spacial score (nSPS) is 11.7. The zero-order valence-corrected chi connectivity index (χ0v) is 18.0. The second-order valence-electron chi connectivity index (χ2n) is 5.41. The zero-order chi connectivity index (χ0) is 22.6. The fourth-order valence-corrected chi connectivity index (χ4v) is 2.35. The largest absolute Gasteiger partial charge is 0.399 e. The Bertz CT molecular complexity index is 1060. The zero-order valence-electron chi connectivity index (χ0n) is 14.8. The fraction of sp³-hybridized carbons (Fsp3) is 0.118. The Morgan fingerprint density at radius 2 is 1.42 bits per heavy atom. The number of rotatable bonds is 2. The van der Waals surface area contributed by atoms with E-state index in [2.05, 4.69) is 15.0 Å². The molecule has 31 heavy (non-hydrogen) atoms. The van der Waals surface area contributed by atoms with Crippen LogP contribution in [0, 0.1) is 6.07 Å². The van der Waals surface area contributed by atoms with Gasteiger partial charge in [0.05, 0.1) is 0 Å². The van der Waals surface area contributed by atoms with Gasteiger partial charge >= 0.3 is 22.5 Å². The van der Waals surface area contributed by atoms with Crippen LogP contribution < -0.4 is 0 Å². The third kappa shape index (κ3) is 7.98. The second kappa shape index (κ2) is 10.3. The quantitative estimate of drug-likeness (QED) is 0.194. The summed E-state index contributed by atoms with van der Waals surface area (Å²) in [4.78, 5) is 10.3. The van der Waals surface area contributed by atoms with Gasteiger partial charge in [0, 0.05) is 38.7 Å². The molecular formula is C17H10F6IrN3O3S-.